The lowest BCUT2D eigenvalue weighted by Gasteiger charge is -2.30. The molecule has 1 aromatic heterocycles. The molecule has 4 heteroatoms. The van der Waals surface area contributed by atoms with E-state index in [-0.39, 0.29) is 5.54 Å². The lowest BCUT2D eigenvalue weighted by atomic mass is 9.92. The molecule has 1 heterocycles. The molecule has 0 saturated heterocycles. The van der Waals surface area contributed by atoms with Crippen LogP contribution in [0.4, 0.5) is 5.95 Å². The Kier molecular flexibility index (Phi) is 3.58. The van der Waals surface area contributed by atoms with Gasteiger partial charge in [0.2, 0.25) is 5.95 Å². The van der Waals surface area contributed by atoms with Crippen molar-refractivity contribution >= 4 is 5.95 Å². The zero-order valence-electron chi connectivity index (χ0n) is 10.7. The summed E-state index contributed by atoms with van der Waals surface area (Å²) in [6, 6.07) is 10.1. The van der Waals surface area contributed by atoms with E-state index in [1.807, 2.05) is 44.2 Å². The second-order valence-electron chi connectivity index (χ2n) is 4.61. The Morgan fingerprint density at radius 1 is 1.17 bits per heavy atom. The fraction of sp³-hybridized carbons (Fsp3) is 0.286. The van der Waals surface area contributed by atoms with Crippen molar-refractivity contribution in [3.05, 3.63) is 53.9 Å². The first kappa shape index (κ1) is 12.5. The van der Waals surface area contributed by atoms with Crippen molar-refractivity contribution in [1.82, 2.24) is 9.97 Å². The van der Waals surface area contributed by atoms with E-state index in [0.717, 1.165) is 11.1 Å². The molecule has 1 unspecified atom stereocenters. The normalized spacial score (nSPS) is 13.9. The third-order valence-electron chi connectivity index (χ3n) is 2.99. The van der Waals surface area contributed by atoms with E-state index < -0.39 is 0 Å². The quantitative estimate of drug-likeness (QED) is 0.861. The highest BCUT2D eigenvalue weighted by molar-refractivity contribution is 5.37. The van der Waals surface area contributed by atoms with Crippen LogP contribution in [0.15, 0.2) is 42.7 Å². The Bertz CT molecular complexity index is 495. The number of nitrogens with two attached hydrogens (primary N) is 1. The standard InChI is InChI=1S/C14H18N4/c1-11-8-16-13(17-9-11)18-14(2,10-15)12-6-4-3-5-7-12/h3-9H,10,15H2,1-2H3,(H,16,17,18). The van der Waals surface area contributed by atoms with Crippen LogP contribution in [0, 0.1) is 6.92 Å². The first-order valence-electron chi connectivity index (χ1n) is 5.96. The molecule has 0 bridgehead atoms. The van der Waals surface area contributed by atoms with Crippen LogP contribution >= 0.6 is 0 Å². The van der Waals surface area contributed by atoms with Crippen molar-refractivity contribution in [3.63, 3.8) is 0 Å². The maximum Gasteiger partial charge on any atom is 0.223 e. The maximum atomic E-state index is 5.90. The van der Waals surface area contributed by atoms with Crippen molar-refractivity contribution in [2.24, 2.45) is 5.73 Å². The molecule has 0 amide bonds. The molecule has 2 rings (SSSR count). The molecule has 1 aromatic carbocycles. The minimum absolute atomic E-state index is 0.365. The van der Waals surface area contributed by atoms with E-state index in [2.05, 4.69) is 15.3 Å². The summed E-state index contributed by atoms with van der Waals surface area (Å²) in [7, 11) is 0. The van der Waals surface area contributed by atoms with Crippen molar-refractivity contribution < 1.29 is 0 Å². The lowest BCUT2D eigenvalue weighted by Crippen LogP contribution is -2.40. The number of anilines is 1. The average molecular weight is 242 g/mol. The van der Waals surface area contributed by atoms with Crippen molar-refractivity contribution in [1.29, 1.82) is 0 Å². The fourth-order valence-corrected chi connectivity index (χ4v) is 1.75. The van der Waals surface area contributed by atoms with Gasteiger partial charge in [0, 0.05) is 18.9 Å². The maximum absolute atomic E-state index is 5.90. The van der Waals surface area contributed by atoms with Crippen LogP contribution in [0.3, 0.4) is 0 Å². The number of nitrogens with zero attached hydrogens (tertiary/aromatic N) is 2. The molecular formula is C14H18N4. The SMILES string of the molecule is Cc1cnc(NC(C)(CN)c2ccccc2)nc1. The van der Waals surface area contributed by atoms with Gasteiger partial charge in [0.05, 0.1) is 5.54 Å². The van der Waals surface area contributed by atoms with Gasteiger partial charge in [-0.05, 0) is 25.0 Å². The zero-order valence-corrected chi connectivity index (χ0v) is 10.7. The third-order valence-corrected chi connectivity index (χ3v) is 2.99. The molecule has 1 atom stereocenters. The number of hydrogen-bond acceptors (Lipinski definition) is 4. The number of aromatic nitrogens is 2. The lowest BCUT2D eigenvalue weighted by molar-refractivity contribution is 0.550. The second-order valence-corrected chi connectivity index (χ2v) is 4.61. The molecule has 0 saturated carbocycles. The highest BCUT2D eigenvalue weighted by Crippen LogP contribution is 2.23. The molecule has 4 nitrogen and oxygen atoms in total. The van der Waals surface area contributed by atoms with Gasteiger partial charge < -0.3 is 11.1 Å². The highest BCUT2D eigenvalue weighted by atomic mass is 15.1. The fourth-order valence-electron chi connectivity index (χ4n) is 1.75. The molecule has 2 aromatic rings. The summed E-state index contributed by atoms with van der Waals surface area (Å²) in [5, 5.41) is 3.30. The van der Waals surface area contributed by atoms with Crippen molar-refractivity contribution in [2.45, 2.75) is 19.4 Å². The molecule has 3 N–H and O–H groups in total. The molecule has 18 heavy (non-hydrogen) atoms. The van der Waals surface area contributed by atoms with Crippen LogP contribution in [-0.4, -0.2) is 16.5 Å². The van der Waals surface area contributed by atoms with E-state index in [1.165, 1.54) is 0 Å². The van der Waals surface area contributed by atoms with Gasteiger partial charge in [-0.1, -0.05) is 30.3 Å². The van der Waals surface area contributed by atoms with Gasteiger partial charge in [-0.25, -0.2) is 9.97 Å². The van der Waals surface area contributed by atoms with Gasteiger partial charge in [0.1, 0.15) is 0 Å². The minimum Gasteiger partial charge on any atom is -0.344 e. The Labute approximate surface area is 107 Å². The average Bonchev–Trinajstić information content (AvgIpc) is 2.42. The molecule has 0 spiro atoms. The summed E-state index contributed by atoms with van der Waals surface area (Å²) < 4.78 is 0. The predicted molar refractivity (Wildman–Crippen MR) is 73.2 cm³/mol. The van der Waals surface area contributed by atoms with E-state index >= 15 is 0 Å². The van der Waals surface area contributed by atoms with Crippen LogP contribution in [0.2, 0.25) is 0 Å². The van der Waals surface area contributed by atoms with Crippen LogP contribution in [0.1, 0.15) is 18.1 Å². The number of nitrogens with one attached hydrogen (secondary N) is 1. The monoisotopic (exact) mass is 242 g/mol. The molecule has 94 valence electrons. The topological polar surface area (TPSA) is 63.8 Å². The summed E-state index contributed by atoms with van der Waals surface area (Å²) >= 11 is 0. The van der Waals surface area contributed by atoms with E-state index in [1.54, 1.807) is 12.4 Å². The Morgan fingerprint density at radius 2 is 1.78 bits per heavy atom. The first-order valence-corrected chi connectivity index (χ1v) is 5.96. The summed E-state index contributed by atoms with van der Waals surface area (Å²) in [5.74, 6) is 0.595. The molecule has 0 radical (unpaired) electrons. The second kappa shape index (κ2) is 5.14. The van der Waals surface area contributed by atoms with Gasteiger partial charge in [-0.15, -0.1) is 0 Å². The van der Waals surface area contributed by atoms with Crippen LogP contribution < -0.4 is 11.1 Å². The van der Waals surface area contributed by atoms with Crippen molar-refractivity contribution in [3.8, 4) is 0 Å². The van der Waals surface area contributed by atoms with E-state index in [4.69, 9.17) is 5.73 Å². The summed E-state index contributed by atoms with van der Waals surface area (Å²) in [5.41, 5.74) is 7.69. The van der Waals surface area contributed by atoms with Crippen LogP contribution in [-0.2, 0) is 5.54 Å². The van der Waals surface area contributed by atoms with E-state index in [0.29, 0.717) is 12.5 Å². The Hall–Kier alpha value is -1.94. The Morgan fingerprint density at radius 3 is 2.33 bits per heavy atom. The molecule has 0 fully saturated rings. The molecule has 0 aliphatic rings. The van der Waals surface area contributed by atoms with Gasteiger partial charge in [-0.3, -0.25) is 0 Å². The number of rotatable bonds is 4. The first-order chi connectivity index (χ1) is 8.64. The largest absolute Gasteiger partial charge is 0.344 e. The van der Waals surface area contributed by atoms with Crippen molar-refractivity contribution in [2.75, 3.05) is 11.9 Å². The number of aryl methyl sites for hydroxylation is 1. The number of benzene rings is 1. The van der Waals surface area contributed by atoms with Gasteiger partial charge in [-0.2, -0.15) is 0 Å². The zero-order chi connectivity index (χ0) is 13.0. The number of hydrogen-bond donors (Lipinski definition) is 2. The molecule has 0 aliphatic heterocycles. The van der Waals surface area contributed by atoms with Gasteiger partial charge >= 0.3 is 0 Å². The van der Waals surface area contributed by atoms with Crippen LogP contribution in [0.5, 0.6) is 0 Å². The summed E-state index contributed by atoms with van der Waals surface area (Å²) in [4.78, 5) is 8.52. The third kappa shape index (κ3) is 2.65. The summed E-state index contributed by atoms with van der Waals surface area (Å²) in [6.07, 6.45) is 3.58. The summed E-state index contributed by atoms with van der Waals surface area (Å²) in [6.45, 7) is 4.48. The van der Waals surface area contributed by atoms with Gasteiger partial charge in [0.25, 0.3) is 0 Å². The predicted octanol–water partition coefficient (Wildman–Crippen LogP) is 2.07. The molecule has 0 aliphatic carbocycles. The highest BCUT2D eigenvalue weighted by Gasteiger charge is 2.25. The minimum atomic E-state index is -0.365. The Balaban J connectivity index is 2.26. The van der Waals surface area contributed by atoms with Gasteiger partial charge in [0.15, 0.2) is 0 Å². The smallest absolute Gasteiger partial charge is 0.223 e. The van der Waals surface area contributed by atoms with E-state index in [9.17, 15) is 0 Å². The molecular weight excluding hydrogens is 224 g/mol. The van der Waals surface area contributed by atoms with Crippen LogP contribution in [0.25, 0.3) is 0 Å².